The van der Waals surface area contributed by atoms with Crippen molar-refractivity contribution in [3.8, 4) is 5.75 Å². The van der Waals surface area contributed by atoms with Gasteiger partial charge in [0.1, 0.15) is 11.3 Å². The average molecular weight is 407 g/mol. The maximum absolute atomic E-state index is 13.4. The van der Waals surface area contributed by atoms with Gasteiger partial charge in [0.15, 0.2) is 5.43 Å². The monoisotopic (exact) mass is 407 g/mol. The van der Waals surface area contributed by atoms with Gasteiger partial charge in [0.25, 0.3) is 5.91 Å². The fourth-order valence-electron chi connectivity index (χ4n) is 3.97. The number of hydrogen-bond donors (Lipinski definition) is 0. The van der Waals surface area contributed by atoms with Crippen LogP contribution >= 0.6 is 0 Å². The summed E-state index contributed by atoms with van der Waals surface area (Å²) < 4.78 is 17.0. The summed E-state index contributed by atoms with van der Waals surface area (Å²) in [6.45, 7) is 6.02. The standard InChI is InChI=1S/C24H25NO5/c1-3-28-14-8-13-25-21(16-9-7-10-17(15-16)29-4-2)20-22(26)18-11-5-6-12-19(18)30-23(20)24(25)27/h5-7,9-12,15,21H,3-4,8,13-14H2,1-2H3. The molecule has 2 aromatic carbocycles. The van der Waals surface area contributed by atoms with Crippen LogP contribution in [0.25, 0.3) is 11.0 Å². The smallest absolute Gasteiger partial charge is 0.290 e. The number of fused-ring (bicyclic) bond motifs is 2. The third-order valence-electron chi connectivity index (χ3n) is 5.25. The van der Waals surface area contributed by atoms with E-state index in [1.54, 1.807) is 29.2 Å². The molecule has 6 nitrogen and oxygen atoms in total. The summed E-state index contributed by atoms with van der Waals surface area (Å²) >= 11 is 0. The molecule has 1 aliphatic rings. The van der Waals surface area contributed by atoms with Crippen molar-refractivity contribution in [2.24, 2.45) is 0 Å². The maximum Gasteiger partial charge on any atom is 0.290 e. The second-order valence-corrected chi connectivity index (χ2v) is 7.13. The largest absolute Gasteiger partial charge is 0.494 e. The number of carbonyl (C=O) groups excluding carboxylic acids is 1. The molecule has 156 valence electrons. The Morgan fingerprint density at radius 2 is 1.87 bits per heavy atom. The van der Waals surface area contributed by atoms with Gasteiger partial charge in [0, 0.05) is 19.8 Å². The van der Waals surface area contributed by atoms with Crippen molar-refractivity contribution in [1.82, 2.24) is 4.90 Å². The number of nitrogens with zero attached hydrogens (tertiary/aromatic N) is 1. The Kier molecular flexibility index (Phi) is 5.86. The molecule has 4 rings (SSSR count). The number of ether oxygens (including phenoxy) is 2. The Morgan fingerprint density at radius 1 is 1.03 bits per heavy atom. The summed E-state index contributed by atoms with van der Waals surface area (Å²) in [6.07, 6.45) is 0.670. The van der Waals surface area contributed by atoms with Crippen LogP contribution in [0.4, 0.5) is 0 Å². The van der Waals surface area contributed by atoms with Gasteiger partial charge >= 0.3 is 0 Å². The third-order valence-corrected chi connectivity index (χ3v) is 5.25. The highest BCUT2D eigenvalue weighted by atomic mass is 16.5. The maximum atomic E-state index is 13.4. The molecule has 0 aliphatic carbocycles. The third kappa shape index (κ3) is 3.59. The summed E-state index contributed by atoms with van der Waals surface area (Å²) in [5.74, 6) is 0.563. The lowest BCUT2D eigenvalue weighted by Gasteiger charge is -2.25. The number of hydrogen-bond acceptors (Lipinski definition) is 5. The van der Waals surface area contributed by atoms with Crippen LogP contribution in [0.1, 0.15) is 48.0 Å². The highest BCUT2D eigenvalue weighted by Gasteiger charge is 2.42. The van der Waals surface area contributed by atoms with E-state index in [1.807, 2.05) is 38.1 Å². The van der Waals surface area contributed by atoms with Gasteiger partial charge in [0.05, 0.1) is 23.6 Å². The number of rotatable bonds is 8. The lowest BCUT2D eigenvalue weighted by Crippen LogP contribution is -2.31. The quantitative estimate of drug-likeness (QED) is 0.525. The molecule has 1 amide bonds. The van der Waals surface area contributed by atoms with Crippen molar-refractivity contribution < 1.29 is 18.7 Å². The molecule has 30 heavy (non-hydrogen) atoms. The van der Waals surface area contributed by atoms with Gasteiger partial charge in [-0.1, -0.05) is 24.3 Å². The van der Waals surface area contributed by atoms with Crippen molar-refractivity contribution in [3.05, 3.63) is 75.6 Å². The van der Waals surface area contributed by atoms with E-state index in [2.05, 4.69) is 0 Å². The van der Waals surface area contributed by atoms with E-state index < -0.39 is 6.04 Å². The topological polar surface area (TPSA) is 69.0 Å². The molecule has 1 aliphatic heterocycles. The van der Waals surface area contributed by atoms with Crippen LogP contribution in [-0.4, -0.2) is 37.2 Å². The fraction of sp³-hybridized carbons (Fsp3) is 0.333. The molecule has 0 fully saturated rings. The summed E-state index contributed by atoms with van der Waals surface area (Å²) in [7, 11) is 0. The van der Waals surface area contributed by atoms with E-state index in [-0.39, 0.29) is 17.1 Å². The second-order valence-electron chi connectivity index (χ2n) is 7.13. The summed E-state index contributed by atoms with van der Waals surface area (Å²) in [5.41, 5.74) is 1.47. The zero-order valence-electron chi connectivity index (χ0n) is 17.2. The minimum Gasteiger partial charge on any atom is -0.494 e. The molecule has 0 bridgehead atoms. The molecular weight excluding hydrogens is 382 g/mol. The molecule has 0 N–H and O–H groups in total. The van der Waals surface area contributed by atoms with E-state index in [4.69, 9.17) is 13.9 Å². The van der Waals surface area contributed by atoms with Crippen molar-refractivity contribution in [2.75, 3.05) is 26.4 Å². The normalized spacial score (nSPS) is 15.6. The zero-order chi connectivity index (χ0) is 21.1. The van der Waals surface area contributed by atoms with Crippen LogP contribution in [0.2, 0.25) is 0 Å². The Hall–Kier alpha value is -3.12. The second kappa shape index (κ2) is 8.71. The van der Waals surface area contributed by atoms with Gasteiger partial charge in [0.2, 0.25) is 5.76 Å². The minimum absolute atomic E-state index is 0.127. The number of amides is 1. The number of carbonyl (C=O) groups is 1. The van der Waals surface area contributed by atoms with E-state index in [0.717, 1.165) is 5.56 Å². The van der Waals surface area contributed by atoms with Crippen molar-refractivity contribution in [2.45, 2.75) is 26.3 Å². The summed E-state index contributed by atoms with van der Waals surface area (Å²) in [6, 6.07) is 14.1. The van der Waals surface area contributed by atoms with Crippen LogP contribution in [0.5, 0.6) is 5.75 Å². The Balaban J connectivity index is 1.83. The van der Waals surface area contributed by atoms with Gasteiger partial charge in [-0.3, -0.25) is 9.59 Å². The highest BCUT2D eigenvalue weighted by Crippen LogP contribution is 2.39. The predicted molar refractivity (Wildman–Crippen MR) is 114 cm³/mol. The van der Waals surface area contributed by atoms with Gasteiger partial charge in [-0.05, 0) is 50.1 Å². The van der Waals surface area contributed by atoms with Crippen LogP contribution in [0.3, 0.4) is 0 Å². The van der Waals surface area contributed by atoms with Crippen LogP contribution < -0.4 is 10.2 Å². The summed E-state index contributed by atoms with van der Waals surface area (Å²) in [5, 5.41) is 0.478. The van der Waals surface area contributed by atoms with E-state index in [0.29, 0.717) is 55.1 Å². The molecule has 2 heterocycles. The molecular formula is C24H25NO5. The van der Waals surface area contributed by atoms with Crippen LogP contribution in [-0.2, 0) is 4.74 Å². The average Bonchev–Trinajstić information content (AvgIpc) is 3.04. The molecule has 1 atom stereocenters. The van der Waals surface area contributed by atoms with Crippen LogP contribution in [0, 0.1) is 0 Å². The number of para-hydroxylation sites is 1. The first-order valence-corrected chi connectivity index (χ1v) is 10.3. The predicted octanol–water partition coefficient (Wildman–Crippen LogP) is 4.16. The molecule has 0 saturated heterocycles. The minimum atomic E-state index is -0.518. The van der Waals surface area contributed by atoms with Gasteiger partial charge in [-0.15, -0.1) is 0 Å². The highest BCUT2D eigenvalue weighted by molar-refractivity contribution is 5.99. The Morgan fingerprint density at radius 3 is 2.67 bits per heavy atom. The van der Waals surface area contributed by atoms with Crippen LogP contribution in [0.15, 0.2) is 57.7 Å². The Bertz CT molecular complexity index is 1120. The van der Waals surface area contributed by atoms with Crippen molar-refractivity contribution in [1.29, 1.82) is 0 Å². The molecule has 0 spiro atoms. The van der Waals surface area contributed by atoms with Crippen molar-refractivity contribution in [3.63, 3.8) is 0 Å². The van der Waals surface area contributed by atoms with Crippen molar-refractivity contribution >= 4 is 16.9 Å². The van der Waals surface area contributed by atoms with E-state index in [1.165, 1.54) is 0 Å². The zero-order valence-corrected chi connectivity index (χ0v) is 17.2. The first kappa shape index (κ1) is 20.2. The van der Waals surface area contributed by atoms with Gasteiger partial charge in [-0.2, -0.15) is 0 Å². The molecule has 1 aromatic heterocycles. The number of benzene rings is 2. The Labute approximate surface area is 175 Å². The van der Waals surface area contributed by atoms with E-state index >= 15 is 0 Å². The lowest BCUT2D eigenvalue weighted by molar-refractivity contribution is 0.0695. The molecule has 0 saturated carbocycles. The summed E-state index contributed by atoms with van der Waals surface area (Å²) in [4.78, 5) is 28.4. The lowest BCUT2D eigenvalue weighted by atomic mass is 9.98. The van der Waals surface area contributed by atoms with Gasteiger partial charge in [-0.25, -0.2) is 0 Å². The molecule has 1 unspecified atom stereocenters. The fourth-order valence-corrected chi connectivity index (χ4v) is 3.97. The SMILES string of the molecule is CCOCCCN1C(=O)c2oc3ccccc3c(=O)c2C1c1cccc(OCC)c1. The molecule has 6 heteroatoms. The molecule has 0 radical (unpaired) electrons. The molecule has 3 aromatic rings. The van der Waals surface area contributed by atoms with Gasteiger partial charge < -0.3 is 18.8 Å². The first-order valence-electron chi connectivity index (χ1n) is 10.3. The van der Waals surface area contributed by atoms with E-state index in [9.17, 15) is 9.59 Å². The first-order chi connectivity index (χ1) is 14.7.